The van der Waals surface area contributed by atoms with E-state index in [0.29, 0.717) is 35.0 Å². The number of rotatable bonds is 6. The van der Waals surface area contributed by atoms with E-state index in [4.69, 9.17) is 11.6 Å². The first-order chi connectivity index (χ1) is 16.7. The zero-order chi connectivity index (χ0) is 25.3. The van der Waals surface area contributed by atoms with Gasteiger partial charge >= 0.3 is 0 Å². The van der Waals surface area contributed by atoms with Crippen molar-refractivity contribution in [2.45, 2.75) is 46.1 Å². The Morgan fingerprint density at radius 3 is 2.57 bits per heavy atom. The van der Waals surface area contributed by atoms with E-state index in [1.807, 2.05) is 32.9 Å². The van der Waals surface area contributed by atoms with E-state index in [9.17, 15) is 14.3 Å². The predicted molar refractivity (Wildman–Crippen MR) is 134 cm³/mol. The van der Waals surface area contributed by atoms with Gasteiger partial charge in [0.1, 0.15) is 16.9 Å². The molecule has 0 saturated heterocycles. The van der Waals surface area contributed by atoms with Gasteiger partial charge in [0.2, 0.25) is 0 Å². The van der Waals surface area contributed by atoms with E-state index in [0.717, 1.165) is 16.7 Å². The van der Waals surface area contributed by atoms with Gasteiger partial charge in [-0.05, 0) is 80.1 Å². The lowest BCUT2D eigenvalue weighted by molar-refractivity contribution is 0.189. The van der Waals surface area contributed by atoms with Crippen molar-refractivity contribution in [2.75, 3.05) is 0 Å². The molecular formula is C27H26ClFN4O2. The summed E-state index contributed by atoms with van der Waals surface area (Å²) in [5, 5.41) is 9.96. The molecule has 0 spiro atoms. The van der Waals surface area contributed by atoms with Crippen LogP contribution in [0.2, 0.25) is 5.02 Å². The van der Waals surface area contributed by atoms with Gasteiger partial charge in [-0.15, -0.1) is 0 Å². The summed E-state index contributed by atoms with van der Waals surface area (Å²) in [6.07, 6.45) is 2.98. The van der Waals surface area contributed by atoms with E-state index in [1.54, 1.807) is 42.1 Å². The zero-order valence-corrected chi connectivity index (χ0v) is 20.7. The SMILES string of the molecule is Cc1cnc(-c2ccnc(C(C)O)n2)cc1-n1c(C)cc(C(C)Cc2cccc(F)c2)c(Cl)c1=O. The molecular weight excluding hydrogens is 467 g/mol. The second-order valence-corrected chi connectivity index (χ2v) is 9.14. The van der Waals surface area contributed by atoms with Gasteiger partial charge in [0.25, 0.3) is 5.56 Å². The monoisotopic (exact) mass is 492 g/mol. The smallest absolute Gasteiger partial charge is 0.274 e. The number of hydrogen-bond donors (Lipinski definition) is 1. The Bertz CT molecular complexity index is 1450. The summed E-state index contributed by atoms with van der Waals surface area (Å²) in [5.41, 5.74) is 4.45. The summed E-state index contributed by atoms with van der Waals surface area (Å²) >= 11 is 6.61. The lowest BCUT2D eigenvalue weighted by Gasteiger charge is -2.19. The molecule has 1 aromatic carbocycles. The first-order valence-corrected chi connectivity index (χ1v) is 11.7. The highest BCUT2D eigenvalue weighted by atomic mass is 35.5. The number of nitrogens with zero attached hydrogens (tertiary/aromatic N) is 4. The fourth-order valence-electron chi connectivity index (χ4n) is 4.13. The molecule has 0 fully saturated rings. The molecule has 0 amide bonds. The quantitative estimate of drug-likeness (QED) is 0.384. The molecule has 1 N–H and O–H groups in total. The molecule has 6 nitrogen and oxygen atoms in total. The van der Waals surface area contributed by atoms with Crippen molar-refractivity contribution in [1.82, 2.24) is 19.5 Å². The molecule has 0 aliphatic carbocycles. The summed E-state index contributed by atoms with van der Waals surface area (Å²) < 4.78 is 15.2. The number of pyridine rings is 2. The number of aliphatic hydroxyl groups is 1. The largest absolute Gasteiger partial charge is 0.385 e. The molecule has 0 radical (unpaired) electrons. The fourth-order valence-corrected chi connectivity index (χ4v) is 4.46. The van der Waals surface area contributed by atoms with Gasteiger partial charge in [-0.3, -0.25) is 14.3 Å². The fraction of sp³-hybridized carbons (Fsp3) is 0.259. The van der Waals surface area contributed by atoms with Gasteiger partial charge < -0.3 is 5.11 Å². The van der Waals surface area contributed by atoms with Gasteiger partial charge in [0.05, 0.1) is 17.1 Å². The first kappa shape index (κ1) is 24.7. The molecule has 3 aromatic heterocycles. The van der Waals surface area contributed by atoms with E-state index in [-0.39, 0.29) is 22.3 Å². The van der Waals surface area contributed by atoms with E-state index < -0.39 is 6.10 Å². The first-order valence-electron chi connectivity index (χ1n) is 11.3. The van der Waals surface area contributed by atoms with Crippen molar-refractivity contribution in [3.8, 4) is 17.1 Å². The maximum atomic E-state index is 13.6. The van der Waals surface area contributed by atoms with Crippen LogP contribution in [0.25, 0.3) is 17.1 Å². The molecule has 0 aliphatic heterocycles. The average Bonchev–Trinajstić information content (AvgIpc) is 2.82. The second-order valence-electron chi connectivity index (χ2n) is 8.76. The number of benzene rings is 1. The molecule has 2 unspecified atom stereocenters. The normalized spacial score (nSPS) is 13.0. The molecule has 4 rings (SSSR count). The zero-order valence-electron chi connectivity index (χ0n) is 20.0. The number of aryl methyl sites for hydroxylation is 2. The van der Waals surface area contributed by atoms with Crippen LogP contribution in [-0.2, 0) is 6.42 Å². The highest BCUT2D eigenvalue weighted by molar-refractivity contribution is 6.31. The van der Waals surface area contributed by atoms with Crippen LogP contribution in [0.15, 0.2) is 59.7 Å². The minimum absolute atomic E-state index is 0.0839. The summed E-state index contributed by atoms with van der Waals surface area (Å²) in [7, 11) is 0. The molecule has 0 saturated carbocycles. The van der Waals surface area contributed by atoms with Gasteiger partial charge in [0.15, 0.2) is 5.82 Å². The third-order valence-electron chi connectivity index (χ3n) is 5.95. The molecule has 35 heavy (non-hydrogen) atoms. The van der Waals surface area contributed by atoms with Crippen LogP contribution in [0.4, 0.5) is 4.39 Å². The summed E-state index contributed by atoms with van der Waals surface area (Å²) in [4.78, 5) is 26.4. The Balaban J connectivity index is 1.76. The third kappa shape index (κ3) is 5.16. The molecule has 180 valence electrons. The van der Waals surface area contributed by atoms with E-state index in [1.165, 1.54) is 12.1 Å². The molecule has 0 aliphatic rings. The number of aliphatic hydroxyl groups excluding tert-OH is 1. The van der Waals surface area contributed by atoms with Crippen molar-refractivity contribution in [3.05, 3.63) is 104 Å². The molecule has 0 bridgehead atoms. The Hall–Kier alpha value is -3.42. The Kier molecular flexibility index (Phi) is 7.10. The van der Waals surface area contributed by atoms with Gasteiger partial charge in [0, 0.05) is 18.1 Å². The minimum atomic E-state index is -0.814. The molecule has 3 heterocycles. The van der Waals surface area contributed by atoms with Crippen molar-refractivity contribution >= 4 is 11.6 Å². The lowest BCUT2D eigenvalue weighted by Crippen LogP contribution is -2.24. The topological polar surface area (TPSA) is 80.9 Å². The predicted octanol–water partition coefficient (Wildman–Crippen LogP) is 5.50. The minimum Gasteiger partial charge on any atom is -0.385 e. The van der Waals surface area contributed by atoms with Gasteiger partial charge in [-0.1, -0.05) is 30.7 Å². The van der Waals surface area contributed by atoms with Crippen LogP contribution in [-0.4, -0.2) is 24.6 Å². The van der Waals surface area contributed by atoms with Crippen molar-refractivity contribution < 1.29 is 9.50 Å². The summed E-state index contributed by atoms with van der Waals surface area (Å²) in [5.74, 6) is -0.0839. The maximum Gasteiger partial charge on any atom is 0.274 e. The van der Waals surface area contributed by atoms with Gasteiger partial charge in [-0.25, -0.2) is 14.4 Å². The highest BCUT2D eigenvalue weighted by Gasteiger charge is 2.19. The summed E-state index contributed by atoms with van der Waals surface area (Å²) in [6.45, 7) is 7.29. The molecule has 8 heteroatoms. The maximum absolute atomic E-state index is 13.6. The van der Waals surface area contributed by atoms with E-state index in [2.05, 4.69) is 15.0 Å². The van der Waals surface area contributed by atoms with Crippen LogP contribution < -0.4 is 5.56 Å². The van der Waals surface area contributed by atoms with E-state index >= 15 is 0 Å². The highest BCUT2D eigenvalue weighted by Crippen LogP contribution is 2.28. The number of halogens is 2. The van der Waals surface area contributed by atoms with Crippen LogP contribution in [0, 0.1) is 19.7 Å². The second kappa shape index (κ2) is 10.1. The lowest BCUT2D eigenvalue weighted by atomic mass is 9.93. The molecule has 2 atom stereocenters. The molecule has 4 aromatic rings. The Labute approximate surface area is 208 Å². The van der Waals surface area contributed by atoms with Crippen LogP contribution in [0.5, 0.6) is 0 Å². The third-order valence-corrected chi connectivity index (χ3v) is 6.33. The van der Waals surface area contributed by atoms with Crippen LogP contribution in [0.1, 0.15) is 54.1 Å². The van der Waals surface area contributed by atoms with Crippen molar-refractivity contribution in [1.29, 1.82) is 0 Å². The number of hydrogen-bond acceptors (Lipinski definition) is 5. The van der Waals surface area contributed by atoms with Crippen LogP contribution >= 0.6 is 11.6 Å². The Morgan fingerprint density at radius 2 is 1.86 bits per heavy atom. The Morgan fingerprint density at radius 1 is 1.09 bits per heavy atom. The number of aromatic nitrogens is 4. The summed E-state index contributed by atoms with van der Waals surface area (Å²) in [6, 6.07) is 11.8. The van der Waals surface area contributed by atoms with Crippen LogP contribution in [0.3, 0.4) is 0 Å². The van der Waals surface area contributed by atoms with Crippen molar-refractivity contribution in [2.24, 2.45) is 0 Å². The average molecular weight is 493 g/mol. The van der Waals surface area contributed by atoms with Crippen molar-refractivity contribution in [3.63, 3.8) is 0 Å². The van der Waals surface area contributed by atoms with Gasteiger partial charge in [-0.2, -0.15) is 0 Å². The standard InChI is InChI=1S/C27H26ClFN4O2/c1-15(10-19-6-5-7-20(29)12-19)21-11-17(3)33(27(35)25(21)28)24-13-23(31-14-16(24)2)22-8-9-30-26(32-22)18(4)34/h5-9,11-15,18,34H,10H2,1-4H3.